The summed E-state index contributed by atoms with van der Waals surface area (Å²) in [7, 11) is -1.93. The Kier molecular flexibility index (Phi) is 5.16. The van der Waals surface area contributed by atoms with Crippen molar-refractivity contribution in [2.24, 2.45) is 0 Å². The normalized spacial score (nSPS) is 13.3. The minimum atomic E-state index is -3.51. The van der Waals surface area contributed by atoms with E-state index in [1.54, 1.807) is 42.7 Å². The molecule has 0 amide bonds. The van der Waals surface area contributed by atoms with Crippen LogP contribution in [0.2, 0.25) is 0 Å². The van der Waals surface area contributed by atoms with E-state index in [0.717, 1.165) is 10.4 Å². The Hall–Kier alpha value is -1.21. The highest BCUT2D eigenvalue weighted by molar-refractivity contribution is 7.89. The Morgan fingerprint density at radius 2 is 1.81 bits per heavy atom. The number of nitrogens with one attached hydrogen (secondary N) is 1. The van der Waals surface area contributed by atoms with Crippen molar-refractivity contribution in [1.29, 1.82) is 0 Å². The minimum absolute atomic E-state index is 0.215. The second-order valence-corrected chi connectivity index (χ2v) is 7.92. The number of aryl methyl sites for hydroxylation is 2. The lowest BCUT2D eigenvalue weighted by atomic mass is 10.2. The first-order valence-electron chi connectivity index (χ1n) is 6.58. The average molecular weight is 325 g/mol. The first-order valence-corrected chi connectivity index (χ1v) is 8.88. The molecule has 0 saturated heterocycles. The Balaban J connectivity index is 2.08. The lowest BCUT2D eigenvalue weighted by Crippen LogP contribution is -2.29. The minimum Gasteiger partial charge on any atom is -0.375 e. The van der Waals surface area contributed by atoms with Crippen molar-refractivity contribution < 1.29 is 13.2 Å². The largest absolute Gasteiger partial charge is 0.375 e. The molecular formula is C15H19NO3S2. The van der Waals surface area contributed by atoms with Crippen LogP contribution in [0.3, 0.4) is 0 Å². The van der Waals surface area contributed by atoms with Gasteiger partial charge in [0.25, 0.3) is 0 Å². The quantitative estimate of drug-likeness (QED) is 0.888. The zero-order valence-electron chi connectivity index (χ0n) is 12.3. The molecule has 0 spiro atoms. The second kappa shape index (κ2) is 6.70. The van der Waals surface area contributed by atoms with Crippen LogP contribution in [0.1, 0.15) is 21.4 Å². The molecule has 1 heterocycles. The van der Waals surface area contributed by atoms with E-state index >= 15 is 0 Å². The van der Waals surface area contributed by atoms with Crippen molar-refractivity contribution in [3.63, 3.8) is 0 Å². The van der Waals surface area contributed by atoms with Crippen molar-refractivity contribution in [2.75, 3.05) is 13.7 Å². The summed E-state index contributed by atoms with van der Waals surface area (Å²) in [5, 5.41) is 0. The van der Waals surface area contributed by atoms with E-state index in [9.17, 15) is 8.42 Å². The van der Waals surface area contributed by atoms with E-state index in [2.05, 4.69) is 4.72 Å². The van der Waals surface area contributed by atoms with E-state index in [0.29, 0.717) is 0 Å². The molecule has 1 atom stereocenters. The number of hydrogen-bond acceptors (Lipinski definition) is 4. The van der Waals surface area contributed by atoms with Gasteiger partial charge >= 0.3 is 0 Å². The molecule has 1 unspecified atom stereocenters. The molecule has 0 radical (unpaired) electrons. The smallest absolute Gasteiger partial charge is 0.240 e. The van der Waals surface area contributed by atoms with E-state index in [4.69, 9.17) is 4.74 Å². The summed E-state index contributed by atoms with van der Waals surface area (Å²) in [6.45, 7) is 4.15. The first-order chi connectivity index (χ1) is 9.92. The molecule has 6 heteroatoms. The zero-order chi connectivity index (χ0) is 15.5. The summed E-state index contributed by atoms with van der Waals surface area (Å²) in [6.07, 6.45) is -0.274. The van der Waals surface area contributed by atoms with E-state index < -0.39 is 10.0 Å². The molecule has 2 rings (SSSR count). The van der Waals surface area contributed by atoms with Crippen LogP contribution in [0, 0.1) is 13.8 Å². The lowest BCUT2D eigenvalue weighted by molar-refractivity contribution is 0.110. The van der Waals surface area contributed by atoms with Crippen molar-refractivity contribution in [3.05, 3.63) is 51.7 Å². The first kappa shape index (κ1) is 16.2. The molecule has 0 aliphatic rings. The Labute approximate surface area is 129 Å². The predicted octanol–water partition coefficient (Wildman–Crippen LogP) is 3.03. The van der Waals surface area contributed by atoms with Gasteiger partial charge in [0.15, 0.2) is 0 Å². The Bertz CT molecular complexity index is 690. The molecule has 0 aliphatic heterocycles. The number of benzene rings is 1. The summed E-state index contributed by atoms with van der Waals surface area (Å²) in [4.78, 5) is 2.46. The topological polar surface area (TPSA) is 55.4 Å². The number of ether oxygens (including phenoxy) is 1. The number of sulfonamides is 1. The summed E-state index contributed by atoms with van der Waals surface area (Å²) < 4.78 is 32.5. The summed E-state index contributed by atoms with van der Waals surface area (Å²) in [5.74, 6) is 0. The molecule has 0 bridgehead atoms. The number of methoxy groups -OCH3 is 1. The van der Waals surface area contributed by atoms with Crippen LogP contribution in [0.15, 0.2) is 41.3 Å². The second-order valence-electron chi connectivity index (χ2n) is 4.84. The van der Waals surface area contributed by atoms with Crippen LogP contribution in [0.5, 0.6) is 0 Å². The summed E-state index contributed by atoms with van der Waals surface area (Å²) in [6, 6.07) is 10.7. The number of hydrogen-bond donors (Lipinski definition) is 1. The highest BCUT2D eigenvalue weighted by Crippen LogP contribution is 2.25. The molecule has 1 N–H and O–H groups in total. The van der Waals surface area contributed by atoms with Gasteiger partial charge in [-0.25, -0.2) is 13.1 Å². The molecule has 0 saturated carbocycles. The van der Waals surface area contributed by atoms with Gasteiger partial charge in [0.1, 0.15) is 6.10 Å². The third-order valence-corrected chi connectivity index (χ3v) is 5.69. The SMILES string of the molecule is COC(CNS(=O)(=O)c1ccc(C)cc1)c1ccc(C)s1. The van der Waals surface area contributed by atoms with Crippen molar-refractivity contribution in [2.45, 2.75) is 24.8 Å². The Morgan fingerprint density at radius 3 is 2.33 bits per heavy atom. The standard InChI is InChI=1S/C15H19NO3S2/c1-11-4-7-13(8-5-11)21(17,18)16-10-14(19-3)15-9-6-12(2)20-15/h4-9,14,16H,10H2,1-3H3. The summed E-state index contributed by atoms with van der Waals surface area (Å²) in [5.41, 5.74) is 1.03. The van der Waals surface area contributed by atoms with Gasteiger partial charge in [-0.1, -0.05) is 17.7 Å². The molecule has 1 aromatic carbocycles. The number of thiophene rings is 1. The van der Waals surface area contributed by atoms with Crippen LogP contribution in [0.4, 0.5) is 0 Å². The molecule has 114 valence electrons. The maximum atomic E-state index is 12.2. The van der Waals surface area contributed by atoms with Gasteiger partial charge in [-0.2, -0.15) is 0 Å². The lowest BCUT2D eigenvalue weighted by Gasteiger charge is -2.15. The molecule has 0 fully saturated rings. The molecular weight excluding hydrogens is 306 g/mol. The Morgan fingerprint density at radius 1 is 1.14 bits per heavy atom. The molecule has 4 nitrogen and oxygen atoms in total. The third kappa shape index (κ3) is 4.14. The van der Waals surface area contributed by atoms with Gasteiger partial charge in [-0.05, 0) is 38.1 Å². The van der Waals surface area contributed by atoms with Crippen LogP contribution < -0.4 is 4.72 Å². The maximum absolute atomic E-state index is 12.2. The van der Waals surface area contributed by atoms with Gasteiger partial charge < -0.3 is 4.74 Å². The molecule has 21 heavy (non-hydrogen) atoms. The van der Waals surface area contributed by atoms with Crippen molar-refractivity contribution >= 4 is 21.4 Å². The van der Waals surface area contributed by atoms with E-state index in [1.165, 1.54) is 4.88 Å². The highest BCUT2D eigenvalue weighted by atomic mass is 32.2. The number of rotatable bonds is 6. The highest BCUT2D eigenvalue weighted by Gasteiger charge is 2.18. The van der Waals surface area contributed by atoms with Crippen LogP contribution >= 0.6 is 11.3 Å². The van der Waals surface area contributed by atoms with E-state index in [1.807, 2.05) is 26.0 Å². The monoisotopic (exact) mass is 325 g/mol. The molecule has 2 aromatic rings. The van der Waals surface area contributed by atoms with Gasteiger partial charge in [0.05, 0.1) is 4.90 Å². The van der Waals surface area contributed by atoms with Crippen molar-refractivity contribution in [1.82, 2.24) is 4.72 Å². The molecule has 1 aromatic heterocycles. The van der Waals surface area contributed by atoms with Crippen LogP contribution in [-0.2, 0) is 14.8 Å². The zero-order valence-corrected chi connectivity index (χ0v) is 13.9. The fourth-order valence-electron chi connectivity index (χ4n) is 1.91. The van der Waals surface area contributed by atoms with Crippen LogP contribution in [0.25, 0.3) is 0 Å². The van der Waals surface area contributed by atoms with Gasteiger partial charge in [-0.15, -0.1) is 11.3 Å². The predicted molar refractivity (Wildman–Crippen MR) is 85.2 cm³/mol. The fourth-order valence-corrected chi connectivity index (χ4v) is 3.90. The van der Waals surface area contributed by atoms with Gasteiger partial charge in [0, 0.05) is 23.4 Å². The maximum Gasteiger partial charge on any atom is 0.240 e. The van der Waals surface area contributed by atoms with E-state index in [-0.39, 0.29) is 17.5 Å². The van der Waals surface area contributed by atoms with Gasteiger partial charge in [0.2, 0.25) is 10.0 Å². The van der Waals surface area contributed by atoms with Crippen molar-refractivity contribution in [3.8, 4) is 0 Å². The third-order valence-electron chi connectivity index (χ3n) is 3.15. The van der Waals surface area contributed by atoms with Gasteiger partial charge in [-0.3, -0.25) is 0 Å². The summed E-state index contributed by atoms with van der Waals surface area (Å²) >= 11 is 1.61. The van der Waals surface area contributed by atoms with Crippen LogP contribution in [-0.4, -0.2) is 22.1 Å². The fraction of sp³-hybridized carbons (Fsp3) is 0.333. The average Bonchev–Trinajstić information content (AvgIpc) is 2.86. The molecule has 0 aliphatic carbocycles.